The SMILES string of the molecule is Cc1cc(N2CCCC(C(=O)NCC(F)(F)F)C2)c2cccc(F)c2n1. The number of fused-ring (bicyclic) bond motifs is 1. The summed E-state index contributed by atoms with van der Waals surface area (Å²) in [5.74, 6) is -1.57. The lowest BCUT2D eigenvalue weighted by atomic mass is 9.96. The number of halogens is 4. The van der Waals surface area contributed by atoms with Gasteiger partial charge in [0, 0.05) is 29.9 Å². The van der Waals surface area contributed by atoms with Crippen molar-refractivity contribution in [3.8, 4) is 0 Å². The van der Waals surface area contributed by atoms with E-state index in [1.165, 1.54) is 6.07 Å². The van der Waals surface area contributed by atoms with Crippen molar-refractivity contribution < 1.29 is 22.4 Å². The molecule has 1 aromatic carbocycles. The third-order valence-electron chi connectivity index (χ3n) is 4.49. The van der Waals surface area contributed by atoms with E-state index in [4.69, 9.17) is 0 Å². The van der Waals surface area contributed by atoms with Gasteiger partial charge in [0.15, 0.2) is 0 Å². The molecular formula is C18H19F4N3O. The number of nitrogens with one attached hydrogen (secondary N) is 1. The second-order valence-corrected chi connectivity index (χ2v) is 6.54. The molecule has 3 rings (SSSR count). The number of pyridine rings is 1. The third kappa shape index (κ3) is 4.05. The van der Waals surface area contributed by atoms with Crippen molar-refractivity contribution in [3.63, 3.8) is 0 Å². The first-order chi connectivity index (χ1) is 12.2. The van der Waals surface area contributed by atoms with Crippen LogP contribution in [0.2, 0.25) is 0 Å². The quantitative estimate of drug-likeness (QED) is 0.842. The summed E-state index contributed by atoms with van der Waals surface area (Å²) in [6, 6.07) is 6.50. The molecule has 0 spiro atoms. The summed E-state index contributed by atoms with van der Waals surface area (Å²) in [4.78, 5) is 18.3. The zero-order valence-electron chi connectivity index (χ0n) is 14.2. The number of hydrogen-bond acceptors (Lipinski definition) is 3. The molecule has 1 aromatic heterocycles. The van der Waals surface area contributed by atoms with E-state index in [-0.39, 0.29) is 5.52 Å². The number of piperidine rings is 1. The Morgan fingerprint density at radius 3 is 2.88 bits per heavy atom. The van der Waals surface area contributed by atoms with E-state index < -0.39 is 30.4 Å². The predicted octanol–water partition coefficient (Wildman–Crippen LogP) is 3.58. The van der Waals surface area contributed by atoms with Crippen LogP contribution in [0.5, 0.6) is 0 Å². The lowest BCUT2D eigenvalue weighted by molar-refractivity contribution is -0.140. The minimum Gasteiger partial charge on any atom is -0.370 e. The van der Waals surface area contributed by atoms with Gasteiger partial charge >= 0.3 is 6.18 Å². The molecule has 26 heavy (non-hydrogen) atoms. The van der Waals surface area contributed by atoms with E-state index in [1.807, 2.05) is 16.3 Å². The van der Waals surface area contributed by atoms with Crippen LogP contribution in [0.15, 0.2) is 24.3 Å². The first-order valence-electron chi connectivity index (χ1n) is 8.40. The molecule has 0 aliphatic carbocycles. The number of carbonyl (C=O) groups is 1. The Morgan fingerprint density at radius 2 is 2.15 bits per heavy atom. The fourth-order valence-corrected chi connectivity index (χ4v) is 3.32. The Balaban J connectivity index is 1.83. The highest BCUT2D eigenvalue weighted by Crippen LogP contribution is 2.31. The number of aromatic nitrogens is 1. The number of amides is 1. The smallest absolute Gasteiger partial charge is 0.370 e. The minimum absolute atomic E-state index is 0.256. The highest BCUT2D eigenvalue weighted by molar-refractivity contribution is 5.92. The van der Waals surface area contributed by atoms with Gasteiger partial charge in [-0.05, 0) is 31.9 Å². The van der Waals surface area contributed by atoms with Crippen LogP contribution in [-0.2, 0) is 4.79 Å². The monoisotopic (exact) mass is 369 g/mol. The molecule has 2 aromatic rings. The molecule has 1 atom stereocenters. The maximum Gasteiger partial charge on any atom is 0.405 e. The van der Waals surface area contributed by atoms with Gasteiger partial charge in [0.1, 0.15) is 17.9 Å². The van der Waals surface area contributed by atoms with Gasteiger partial charge in [0.05, 0.1) is 5.92 Å². The number of alkyl halides is 3. The van der Waals surface area contributed by atoms with Crippen LogP contribution in [0.1, 0.15) is 18.5 Å². The molecule has 1 aliphatic rings. The van der Waals surface area contributed by atoms with E-state index in [9.17, 15) is 22.4 Å². The van der Waals surface area contributed by atoms with Crippen molar-refractivity contribution in [3.05, 3.63) is 35.8 Å². The predicted molar refractivity (Wildman–Crippen MR) is 90.4 cm³/mol. The van der Waals surface area contributed by atoms with Crippen molar-refractivity contribution in [1.82, 2.24) is 10.3 Å². The van der Waals surface area contributed by atoms with Crippen molar-refractivity contribution in [2.75, 3.05) is 24.5 Å². The normalized spacial score (nSPS) is 18.2. The van der Waals surface area contributed by atoms with Gasteiger partial charge in [-0.2, -0.15) is 13.2 Å². The molecule has 1 saturated heterocycles. The largest absolute Gasteiger partial charge is 0.405 e. The Morgan fingerprint density at radius 1 is 1.38 bits per heavy atom. The maximum atomic E-state index is 14.1. The number of nitrogens with zero attached hydrogens (tertiary/aromatic N) is 2. The molecule has 0 saturated carbocycles. The van der Waals surface area contributed by atoms with Crippen LogP contribution in [-0.4, -0.2) is 36.7 Å². The molecule has 1 N–H and O–H groups in total. The van der Waals surface area contributed by atoms with E-state index in [0.29, 0.717) is 37.0 Å². The third-order valence-corrected chi connectivity index (χ3v) is 4.49. The van der Waals surface area contributed by atoms with Gasteiger partial charge in [0.2, 0.25) is 5.91 Å². The topological polar surface area (TPSA) is 45.2 Å². The summed E-state index contributed by atoms with van der Waals surface area (Å²) in [7, 11) is 0. The maximum absolute atomic E-state index is 14.1. The van der Waals surface area contributed by atoms with Crippen molar-refractivity contribution in [1.29, 1.82) is 0 Å². The first kappa shape index (κ1) is 18.4. The van der Waals surface area contributed by atoms with Crippen LogP contribution in [0.25, 0.3) is 10.9 Å². The molecule has 1 unspecified atom stereocenters. The van der Waals surface area contributed by atoms with Crippen LogP contribution in [0.4, 0.5) is 23.2 Å². The Bertz CT molecular complexity index is 822. The number of carbonyl (C=O) groups excluding carboxylic acids is 1. The Hall–Kier alpha value is -2.38. The summed E-state index contributed by atoms with van der Waals surface area (Å²) in [6.45, 7) is 1.37. The average molecular weight is 369 g/mol. The molecule has 1 aliphatic heterocycles. The number of aryl methyl sites for hydroxylation is 1. The number of anilines is 1. The van der Waals surface area contributed by atoms with E-state index >= 15 is 0 Å². The van der Waals surface area contributed by atoms with Gasteiger partial charge in [-0.25, -0.2) is 9.37 Å². The van der Waals surface area contributed by atoms with Gasteiger partial charge in [-0.15, -0.1) is 0 Å². The molecule has 1 amide bonds. The fourth-order valence-electron chi connectivity index (χ4n) is 3.32. The zero-order chi connectivity index (χ0) is 18.9. The summed E-state index contributed by atoms with van der Waals surface area (Å²) < 4.78 is 51.0. The minimum atomic E-state index is -4.43. The van der Waals surface area contributed by atoms with Crippen molar-refractivity contribution in [2.24, 2.45) is 5.92 Å². The van der Waals surface area contributed by atoms with Gasteiger partial charge in [0.25, 0.3) is 0 Å². The number of rotatable bonds is 3. The summed E-state index contributed by atoms with van der Waals surface area (Å²) in [6.07, 6.45) is -3.24. The molecule has 1 fully saturated rings. The second-order valence-electron chi connectivity index (χ2n) is 6.54. The number of para-hydroxylation sites is 1. The Kier molecular flexibility index (Phi) is 5.02. The second kappa shape index (κ2) is 7.09. The van der Waals surface area contributed by atoms with E-state index in [0.717, 1.165) is 5.69 Å². The highest BCUT2D eigenvalue weighted by atomic mass is 19.4. The lowest BCUT2D eigenvalue weighted by Crippen LogP contribution is -2.45. The summed E-state index contributed by atoms with van der Waals surface area (Å²) in [5.41, 5.74) is 1.65. The number of benzene rings is 1. The zero-order valence-corrected chi connectivity index (χ0v) is 14.2. The van der Waals surface area contributed by atoms with E-state index in [2.05, 4.69) is 4.98 Å². The lowest BCUT2D eigenvalue weighted by Gasteiger charge is -2.34. The van der Waals surface area contributed by atoms with Crippen LogP contribution in [0.3, 0.4) is 0 Å². The first-order valence-corrected chi connectivity index (χ1v) is 8.40. The highest BCUT2D eigenvalue weighted by Gasteiger charge is 2.31. The Labute approximate surface area is 148 Å². The molecule has 8 heteroatoms. The molecule has 2 heterocycles. The van der Waals surface area contributed by atoms with Crippen molar-refractivity contribution >= 4 is 22.5 Å². The van der Waals surface area contributed by atoms with Gasteiger partial charge in [-0.3, -0.25) is 4.79 Å². The fraction of sp³-hybridized carbons (Fsp3) is 0.444. The molecule has 0 radical (unpaired) electrons. The number of hydrogen-bond donors (Lipinski definition) is 1. The van der Waals surface area contributed by atoms with Crippen molar-refractivity contribution in [2.45, 2.75) is 25.9 Å². The molecular weight excluding hydrogens is 350 g/mol. The van der Waals surface area contributed by atoms with Crippen LogP contribution < -0.4 is 10.2 Å². The standard InChI is InChI=1S/C18H19F4N3O/c1-11-8-15(13-5-2-6-14(19)16(13)24-11)25-7-3-4-12(9-25)17(26)23-10-18(20,21)22/h2,5-6,8,12H,3-4,7,9-10H2,1H3,(H,23,26). The summed E-state index contributed by atoms with van der Waals surface area (Å²) >= 11 is 0. The average Bonchev–Trinajstić information content (AvgIpc) is 2.59. The molecule has 0 bridgehead atoms. The van der Waals surface area contributed by atoms with Crippen LogP contribution in [0, 0.1) is 18.7 Å². The van der Waals surface area contributed by atoms with Gasteiger partial charge in [-0.1, -0.05) is 12.1 Å². The molecule has 4 nitrogen and oxygen atoms in total. The summed E-state index contributed by atoms with van der Waals surface area (Å²) in [5, 5.41) is 2.59. The van der Waals surface area contributed by atoms with Crippen LogP contribution >= 0.6 is 0 Å². The van der Waals surface area contributed by atoms with Gasteiger partial charge < -0.3 is 10.2 Å². The van der Waals surface area contributed by atoms with E-state index in [1.54, 1.807) is 19.1 Å². The molecule has 140 valence electrons.